The highest BCUT2D eigenvalue weighted by molar-refractivity contribution is 7.11. The van der Waals surface area contributed by atoms with Crippen molar-refractivity contribution < 1.29 is 14.3 Å². The first-order chi connectivity index (χ1) is 9.74. The Morgan fingerprint density at radius 3 is 2.81 bits per heavy atom. The summed E-state index contributed by atoms with van der Waals surface area (Å²) in [6, 6.07) is 0. The van der Waals surface area contributed by atoms with E-state index in [1.807, 2.05) is 33.9 Å². The molecule has 1 atom stereocenters. The molecule has 21 heavy (non-hydrogen) atoms. The number of hydrogen-bond acceptors (Lipinski definition) is 5. The molecule has 1 unspecified atom stereocenters. The molecule has 1 aliphatic rings. The number of rotatable bonds is 2. The van der Waals surface area contributed by atoms with Gasteiger partial charge >= 0.3 is 6.09 Å². The molecule has 6 heteroatoms. The third kappa shape index (κ3) is 4.52. The van der Waals surface area contributed by atoms with Crippen LogP contribution in [0.4, 0.5) is 4.79 Å². The second-order valence-electron chi connectivity index (χ2n) is 6.39. The lowest BCUT2D eigenvalue weighted by molar-refractivity contribution is -0.125. The molecule has 1 saturated heterocycles. The molecule has 0 N–H and O–H groups in total. The number of carbonyl (C=O) groups is 2. The molecule has 0 aromatic carbocycles. The van der Waals surface area contributed by atoms with Gasteiger partial charge in [-0.2, -0.15) is 0 Å². The van der Waals surface area contributed by atoms with Gasteiger partial charge in [0.05, 0.1) is 5.01 Å². The number of Topliss-reactive ketones (excluding diaryl/α,β-unsaturated/α-hetero) is 1. The third-order valence-electron chi connectivity index (χ3n) is 3.29. The van der Waals surface area contributed by atoms with Crippen molar-refractivity contribution in [3.05, 3.63) is 16.1 Å². The first-order valence-corrected chi connectivity index (χ1v) is 7.98. The molecule has 0 saturated carbocycles. The van der Waals surface area contributed by atoms with E-state index in [4.69, 9.17) is 4.74 Å². The Hall–Kier alpha value is -1.43. The van der Waals surface area contributed by atoms with Gasteiger partial charge in [0.1, 0.15) is 11.4 Å². The topological polar surface area (TPSA) is 59.5 Å². The molecule has 1 fully saturated rings. The van der Waals surface area contributed by atoms with Gasteiger partial charge in [-0.15, -0.1) is 11.3 Å². The van der Waals surface area contributed by atoms with Crippen molar-refractivity contribution in [2.75, 3.05) is 13.1 Å². The number of piperidine rings is 1. The van der Waals surface area contributed by atoms with Gasteiger partial charge in [0.15, 0.2) is 0 Å². The fourth-order valence-corrected chi connectivity index (χ4v) is 3.20. The number of aromatic nitrogens is 1. The first kappa shape index (κ1) is 15.9. The number of ether oxygens (including phenoxy) is 1. The number of likely N-dealkylation sites (tertiary alicyclic amines) is 1. The highest BCUT2D eigenvalue weighted by Crippen LogP contribution is 2.23. The molecule has 2 heterocycles. The maximum Gasteiger partial charge on any atom is 0.410 e. The second-order valence-corrected chi connectivity index (χ2v) is 7.71. The van der Waals surface area contributed by atoms with E-state index < -0.39 is 5.60 Å². The number of aryl methyl sites for hydroxylation is 1. The lowest BCUT2D eigenvalue weighted by atomic mass is 9.93. The monoisotopic (exact) mass is 310 g/mol. The Kier molecular flexibility index (Phi) is 4.66. The molecule has 1 aromatic heterocycles. The maximum atomic E-state index is 12.1. The minimum atomic E-state index is -0.511. The molecular weight excluding hydrogens is 288 g/mol. The molecule has 0 bridgehead atoms. The van der Waals surface area contributed by atoms with Gasteiger partial charge in [-0.1, -0.05) is 0 Å². The highest BCUT2D eigenvalue weighted by atomic mass is 32.1. The Bertz CT molecular complexity index is 533. The van der Waals surface area contributed by atoms with E-state index in [-0.39, 0.29) is 17.8 Å². The van der Waals surface area contributed by atoms with Crippen LogP contribution in [-0.2, 0) is 16.0 Å². The second kappa shape index (κ2) is 6.13. The molecule has 0 radical (unpaired) electrons. The molecule has 2 rings (SSSR count). The van der Waals surface area contributed by atoms with Gasteiger partial charge in [0.2, 0.25) is 0 Å². The van der Waals surface area contributed by atoms with E-state index in [2.05, 4.69) is 4.98 Å². The van der Waals surface area contributed by atoms with Gasteiger partial charge < -0.3 is 9.64 Å². The van der Waals surface area contributed by atoms with Gasteiger partial charge in [-0.25, -0.2) is 9.78 Å². The zero-order valence-electron chi connectivity index (χ0n) is 13.0. The number of thiazole rings is 1. The number of carbonyl (C=O) groups excluding carboxylic acids is 2. The van der Waals surface area contributed by atoms with Crippen LogP contribution >= 0.6 is 11.3 Å². The van der Waals surface area contributed by atoms with Crippen molar-refractivity contribution in [3.8, 4) is 0 Å². The Labute approximate surface area is 129 Å². The van der Waals surface area contributed by atoms with Crippen molar-refractivity contribution >= 4 is 23.2 Å². The largest absolute Gasteiger partial charge is 0.444 e. The average Bonchev–Trinajstić information content (AvgIpc) is 2.75. The summed E-state index contributed by atoms with van der Waals surface area (Å²) >= 11 is 1.61. The van der Waals surface area contributed by atoms with Crippen LogP contribution in [0.1, 0.15) is 37.1 Å². The summed E-state index contributed by atoms with van der Waals surface area (Å²) in [5.74, 6) is 0.0759. The van der Waals surface area contributed by atoms with Crippen LogP contribution in [0.5, 0.6) is 0 Å². The average molecular weight is 310 g/mol. The number of ketones is 1. The van der Waals surface area contributed by atoms with Crippen LogP contribution in [-0.4, -0.2) is 40.5 Å². The fraction of sp³-hybridized carbons (Fsp3) is 0.667. The number of hydrogen-bond donors (Lipinski definition) is 0. The molecule has 116 valence electrons. The van der Waals surface area contributed by atoms with E-state index in [0.29, 0.717) is 25.9 Å². The first-order valence-electron chi connectivity index (χ1n) is 7.16. The molecule has 1 aliphatic heterocycles. The molecule has 5 nitrogen and oxygen atoms in total. The van der Waals surface area contributed by atoms with Gasteiger partial charge in [-0.3, -0.25) is 4.79 Å². The summed E-state index contributed by atoms with van der Waals surface area (Å²) in [6.45, 7) is 8.37. The standard InChI is InChI=1S/C15H22N2O3S/c1-10-16-8-12(21-10)7-11-9-17(6-5-13(11)18)14(19)20-15(2,3)4/h8,11H,5-7,9H2,1-4H3. The van der Waals surface area contributed by atoms with Crippen LogP contribution in [0.15, 0.2) is 6.20 Å². The van der Waals surface area contributed by atoms with Crippen molar-refractivity contribution in [1.82, 2.24) is 9.88 Å². The Morgan fingerprint density at radius 2 is 2.24 bits per heavy atom. The summed E-state index contributed by atoms with van der Waals surface area (Å²) in [6.07, 6.45) is 2.55. The summed E-state index contributed by atoms with van der Waals surface area (Å²) in [5.41, 5.74) is -0.511. The van der Waals surface area contributed by atoms with Crippen molar-refractivity contribution in [1.29, 1.82) is 0 Å². The minimum absolute atomic E-state index is 0.147. The summed E-state index contributed by atoms with van der Waals surface area (Å²) < 4.78 is 5.38. The highest BCUT2D eigenvalue weighted by Gasteiger charge is 2.32. The molecule has 0 spiro atoms. The summed E-state index contributed by atoms with van der Waals surface area (Å²) in [4.78, 5) is 31.1. The smallest absolute Gasteiger partial charge is 0.410 e. The lowest BCUT2D eigenvalue weighted by Gasteiger charge is -2.33. The maximum absolute atomic E-state index is 12.1. The molecule has 1 amide bonds. The normalized spacial score (nSPS) is 19.7. The van der Waals surface area contributed by atoms with Crippen molar-refractivity contribution in [2.45, 2.75) is 46.1 Å². The van der Waals surface area contributed by atoms with E-state index in [1.165, 1.54) is 0 Å². The predicted octanol–water partition coefficient (Wildman–Crippen LogP) is 2.82. The Balaban J connectivity index is 1.99. The zero-order chi connectivity index (χ0) is 15.6. The molecule has 0 aliphatic carbocycles. The van der Waals surface area contributed by atoms with Gasteiger partial charge in [0.25, 0.3) is 0 Å². The molecule has 1 aromatic rings. The van der Waals surface area contributed by atoms with Crippen LogP contribution in [0.2, 0.25) is 0 Å². The minimum Gasteiger partial charge on any atom is -0.444 e. The number of nitrogens with zero attached hydrogens (tertiary/aromatic N) is 2. The summed E-state index contributed by atoms with van der Waals surface area (Å²) in [7, 11) is 0. The lowest BCUT2D eigenvalue weighted by Crippen LogP contribution is -2.46. The van der Waals surface area contributed by atoms with Gasteiger partial charge in [-0.05, 0) is 34.1 Å². The van der Waals surface area contributed by atoms with Crippen molar-refractivity contribution in [2.24, 2.45) is 5.92 Å². The van der Waals surface area contributed by atoms with E-state index in [0.717, 1.165) is 9.88 Å². The molecular formula is C15H22N2O3S. The SMILES string of the molecule is Cc1ncc(CC2CN(C(=O)OC(C)(C)C)CCC2=O)s1. The van der Waals surface area contributed by atoms with Gasteiger partial charge in [0, 0.05) is 36.5 Å². The van der Waals surface area contributed by atoms with Crippen LogP contribution in [0, 0.1) is 12.8 Å². The van der Waals surface area contributed by atoms with Crippen LogP contribution in [0.3, 0.4) is 0 Å². The number of amides is 1. The van der Waals surface area contributed by atoms with Crippen molar-refractivity contribution in [3.63, 3.8) is 0 Å². The van der Waals surface area contributed by atoms with E-state index in [1.54, 1.807) is 16.2 Å². The zero-order valence-corrected chi connectivity index (χ0v) is 13.8. The Morgan fingerprint density at radius 1 is 1.52 bits per heavy atom. The van der Waals surface area contributed by atoms with E-state index >= 15 is 0 Å². The summed E-state index contributed by atoms with van der Waals surface area (Å²) in [5, 5.41) is 0.997. The van der Waals surface area contributed by atoms with Crippen LogP contribution in [0.25, 0.3) is 0 Å². The predicted molar refractivity (Wildman–Crippen MR) is 81.5 cm³/mol. The quantitative estimate of drug-likeness (QED) is 0.843. The third-order valence-corrected chi connectivity index (χ3v) is 4.23. The fourth-order valence-electron chi connectivity index (χ4n) is 2.32. The van der Waals surface area contributed by atoms with E-state index in [9.17, 15) is 9.59 Å². The van der Waals surface area contributed by atoms with Crippen LogP contribution < -0.4 is 0 Å².